The highest BCUT2D eigenvalue weighted by molar-refractivity contribution is 5.95. The van der Waals surface area contributed by atoms with E-state index in [9.17, 15) is 4.79 Å². The van der Waals surface area contributed by atoms with Crippen LogP contribution in [0, 0.1) is 11.8 Å². The molecule has 3 saturated heterocycles. The van der Waals surface area contributed by atoms with E-state index in [1.165, 1.54) is 12.1 Å². The van der Waals surface area contributed by atoms with Crippen molar-refractivity contribution in [3.8, 4) is 17.0 Å². The molecule has 8 nitrogen and oxygen atoms in total. The molecule has 3 fully saturated rings. The molecule has 0 saturated carbocycles. The van der Waals surface area contributed by atoms with Crippen LogP contribution in [0.15, 0.2) is 42.6 Å². The first kappa shape index (κ1) is 24.8. The highest BCUT2D eigenvalue weighted by Gasteiger charge is 2.40. The Labute approximate surface area is 224 Å². The first-order valence-electron chi connectivity index (χ1n) is 13.7. The zero-order valence-corrected chi connectivity index (χ0v) is 22.8. The molecule has 200 valence electrons. The predicted octanol–water partition coefficient (Wildman–Crippen LogP) is 5.21. The number of ether oxygens (including phenoxy) is 2. The average Bonchev–Trinajstić information content (AvgIpc) is 3.29. The molecule has 3 aliphatic heterocycles. The van der Waals surface area contributed by atoms with Crippen LogP contribution in [0.1, 0.15) is 33.6 Å². The summed E-state index contributed by atoms with van der Waals surface area (Å²) in [6.07, 6.45) is 3.96. The number of amides is 1. The number of pyridine rings is 2. The van der Waals surface area contributed by atoms with Gasteiger partial charge < -0.3 is 24.2 Å². The number of benzene rings is 1. The van der Waals surface area contributed by atoms with E-state index in [1.807, 2.05) is 44.0 Å². The fraction of sp³-hybridized carbons (Fsp3) is 0.500. The lowest BCUT2D eigenvalue weighted by atomic mass is 9.89. The van der Waals surface area contributed by atoms with Crippen LogP contribution < -0.4 is 14.5 Å². The zero-order valence-electron chi connectivity index (χ0n) is 22.8. The summed E-state index contributed by atoms with van der Waals surface area (Å²) < 4.78 is 11.2. The number of rotatable bonds is 4. The van der Waals surface area contributed by atoms with Gasteiger partial charge in [-0.05, 0) is 75.8 Å². The number of piperidine rings is 1. The van der Waals surface area contributed by atoms with Crippen molar-refractivity contribution in [2.24, 2.45) is 11.8 Å². The SMILES string of the molecule is COc1ccc2c(N3CC4CCN(C(=O)OC(C)(C)C)CC4C3)cc(-c3ccc(N4CCC4)nc3)nc2c1. The summed E-state index contributed by atoms with van der Waals surface area (Å²) >= 11 is 0. The monoisotopic (exact) mass is 515 g/mol. The molecule has 2 aromatic heterocycles. The highest BCUT2D eigenvalue weighted by atomic mass is 16.6. The molecule has 0 radical (unpaired) electrons. The number of hydrogen-bond donors (Lipinski definition) is 0. The van der Waals surface area contributed by atoms with Crippen molar-refractivity contribution in [3.05, 3.63) is 42.6 Å². The molecule has 0 N–H and O–H groups in total. The molecule has 0 aliphatic carbocycles. The number of fused-ring (bicyclic) bond motifs is 2. The van der Waals surface area contributed by atoms with Crippen LogP contribution in [-0.2, 0) is 4.74 Å². The second-order valence-corrected chi connectivity index (χ2v) is 11.8. The normalized spacial score (nSPS) is 21.3. The molecule has 38 heavy (non-hydrogen) atoms. The fourth-order valence-corrected chi connectivity index (χ4v) is 5.85. The lowest BCUT2D eigenvalue weighted by Gasteiger charge is -2.35. The van der Waals surface area contributed by atoms with Gasteiger partial charge in [0.05, 0.1) is 18.3 Å². The molecule has 6 rings (SSSR count). The highest BCUT2D eigenvalue weighted by Crippen LogP contribution is 2.39. The fourth-order valence-electron chi connectivity index (χ4n) is 5.85. The van der Waals surface area contributed by atoms with Crippen LogP contribution in [0.3, 0.4) is 0 Å². The number of aromatic nitrogens is 2. The quantitative estimate of drug-likeness (QED) is 0.472. The Kier molecular flexibility index (Phi) is 6.28. The van der Waals surface area contributed by atoms with Crippen LogP contribution in [0.25, 0.3) is 22.2 Å². The number of anilines is 2. The van der Waals surface area contributed by atoms with Crippen LogP contribution in [0.4, 0.5) is 16.3 Å². The molecule has 2 atom stereocenters. The molecular weight excluding hydrogens is 478 g/mol. The predicted molar refractivity (Wildman–Crippen MR) is 150 cm³/mol. The molecule has 0 spiro atoms. The zero-order chi connectivity index (χ0) is 26.4. The number of carbonyl (C=O) groups excluding carboxylic acids is 1. The van der Waals surface area contributed by atoms with Gasteiger partial charge in [0.15, 0.2) is 0 Å². The van der Waals surface area contributed by atoms with Crippen LogP contribution >= 0.6 is 0 Å². The second kappa shape index (κ2) is 9.64. The van der Waals surface area contributed by atoms with E-state index in [0.29, 0.717) is 11.8 Å². The molecular formula is C30H37N5O3. The lowest BCUT2D eigenvalue weighted by molar-refractivity contribution is 0.0140. The van der Waals surface area contributed by atoms with Gasteiger partial charge in [-0.2, -0.15) is 0 Å². The maximum absolute atomic E-state index is 12.7. The van der Waals surface area contributed by atoms with Crippen molar-refractivity contribution >= 4 is 28.5 Å². The summed E-state index contributed by atoms with van der Waals surface area (Å²) in [6.45, 7) is 11.3. The number of likely N-dealkylation sites (tertiary alicyclic amines) is 1. The summed E-state index contributed by atoms with van der Waals surface area (Å²) in [7, 11) is 1.69. The number of carbonyl (C=O) groups is 1. The van der Waals surface area contributed by atoms with Gasteiger partial charge in [0.2, 0.25) is 0 Å². The third-order valence-electron chi connectivity index (χ3n) is 8.01. The third-order valence-corrected chi connectivity index (χ3v) is 8.01. The Morgan fingerprint density at radius 1 is 0.974 bits per heavy atom. The van der Waals surface area contributed by atoms with Gasteiger partial charge in [-0.25, -0.2) is 14.8 Å². The number of nitrogens with zero attached hydrogens (tertiary/aromatic N) is 5. The van der Waals surface area contributed by atoms with E-state index in [-0.39, 0.29) is 6.09 Å². The van der Waals surface area contributed by atoms with E-state index >= 15 is 0 Å². The second-order valence-electron chi connectivity index (χ2n) is 11.8. The van der Waals surface area contributed by atoms with Crippen LogP contribution in [0.2, 0.25) is 0 Å². The van der Waals surface area contributed by atoms with E-state index in [2.05, 4.69) is 34.1 Å². The Balaban J connectivity index is 1.29. The van der Waals surface area contributed by atoms with Crippen molar-refractivity contribution in [1.82, 2.24) is 14.9 Å². The first-order chi connectivity index (χ1) is 18.3. The van der Waals surface area contributed by atoms with Gasteiger partial charge >= 0.3 is 6.09 Å². The minimum atomic E-state index is -0.481. The minimum Gasteiger partial charge on any atom is -0.497 e. The van der Waals surface area contributed by atoms with Crippen LogP contribution in [0.5, 0.6) is 5.75 Å². The van der Waals surface area contributed by atoms with E-state index in [0.717, 1.165) is 79.4 Å². The van der Waals surface area contributed by atoms with Gasteiger partial charge in [0.1, 0.15) is 17.2 Å². The summed E-state index contributed by atoms with van der Waals surface area (Å²) in [5.41, 5.74) is 3.53. The Bertz CT molecular complexity index is 1330. The summed E-state index contributed by atoms with van der Waals surface area (Å²) in [5, 5.41) is 1.11. The Hall–Kier alpha value is -3.55. The molecule has 0 bridgehead atoms. The maximum atomic E-state index is 12.7. The van der Waals surface area contributed by atoms with Gasteiger partial charge in [-0.1, -0.05) is 0 Å². The minimum absolute atomic E-state index is 0.202. The standard InChI is InChI=1S/C30H37N5O3/c1-30(2,3)38-29(36)34-13-10-21-17-35(19-22(21)18-34)27-15-25(32-26-14-23(37-4)7-8-24(26)27)20-6-9-28(31-16-20)33-11-5-12-33/h6-9,14-16,21-22H,5,10-13,17-19H2,1-4H3. The smallest absolute Gasteiger partial charge is 0.410 e. The van der Waals surface area contributed by atoms with Gasteiger partial charge in [0.25, 0.3) is 0 Å². The number of methoxy groups -OCH3 is 1. The number of hydrogen-bond acceptors (Lipinski definition) is 7. The molecule has 3 aromatic rings. The molecule has 8 heteroatoms. The third kappa shape index (κ3) is 4.84. The van der Waals surface area contributed by atoms with Crippen molar-refractivity contribution in [2.75, 3.05) is 56.2 Å². The Morgan fingerprint density at radius 3 is 2.47 bits per heavy atom. The molecule has 3 aliphatic rings. The lowest BCUT2D eigenvalue weighted by Crippen LogP contribution is -2.45. The summed E-state index contributed by atoms with van der Waals surface area (Å²) in [4.78, 5) is 29.2. The molecule has 1 aromatic carbocycles. The van der Waals surface area contributed by atoms with Crippen molar-refractivity contribution in [1.29, 1.82) is 0 Å². The van der Waals surface area contributed by atoms with E-state index in [4.69, 9.17) is 19.4 Å². The molecule has 2 unspecified atom stereocenters. The summed E-state index contributed by atoms with van der Waals surface area (Å²) in [6, 6.07) is 12.6. The first-order valence-corrected chi connectivity index (χ1v) is 13.7. The van der Waals surface area contributed by atoms with Crippen LogP contribution in [-0.4, -0.2) is 72.9 Å². The molecule has 1 amide bonds. The summed E-state index contributed by atoms with van der Waals surface area (Å²) in [5.74, 6) is 2.79. The van der Waals surface area contributed by atoms with E-state index in [1.54, 1.807) is 7.11 Å². The van der Waals surface area contributed by atoms with E-state index < -0.39 is 5.60 Å². The maximum Gasteiger partial charge on any atom is 0.410 e. The van der Waals surface area contributed by atoms with Crippen molar-refractivity contribution in [3.63, 3.8) is 0 Å². The van der Waals surface area contributed by atoms with Gasteiger partial charge in [0, 0.05) is 68.2 Å². The molecule has 5 heterocycles. The van der Waals surface area contributed by atoms with Crippen molar-refractivity contribution in [2.45, 2.75) is 39.2 Å². The average molecular weight is 516 g/mol. The van der Waals surface area contributed by atoms with Gasteiger partial charge in [-0.3, -0.25) is 0 Å². The Morgan fingerprint density at radius 2 is 1.79 bits per heavy atom. The largest absolute Gasteiger partial charge is 0.497 e. The topological polar surface area (TPSA) is 71.0 Å². The van der Waals surface area contributed by atoms with Crippen molar-refractivity contribution < 1.29 is 14.3 Å². The van der Waals surface area contributed by atoms with Gasteiger partial charge in [-0.15, -0.1) is 0 Å².